The maximum Gasteiger partial charge on any atom is 0.324 e. The first-order valence-electron chi connectivity index (χ1n) is 8.38. The summed E-state index contributed by atoms with van der Waals surface area (Å²) in [7, 11) is 0.273. The molecule has 0 fully saturated rings. The molecule has 1 rings (SSSR count). The zero-order chi connectivity index (χ0) is 19.7. The summed E-state index contributed by atoms with van der Waals surface area (Å²) in [5, 5.41) is 2.61. The molecule has 0 aliphatic heterocycles. The van der Waals surface area contributed by atoms with E-state index in [-0.39, 0.29) is 5.75 Å². The number of anilines is 2. The molecule has 1 aromatic rings. The van der Waals surface area contributed by atoms with E-state index in [0.29, 0.717) is 12.1 Å². The van der Waals surface area contributed by atoms with E-state index in [1.165, 1.54) is 6.92 Å². The molecule has 0 aliphatic carbocycles. The lowest BCUT2D eigenvalue weighted by atomic mass is 10.2. The first kappa shape index (κ1) is 21.9. The van der Waals surface area contributed by atoms with Crippen LogP contribution in [0.15, 0.2) is 24.3 Å². The van der Waals surface area contributed by atoms with Crippen LogP contribution in [0.4, 0.5) is 11.4 Å². The van der Waals surface area contributed by atoms with Crippen molar-refractivity contribution in [1.82, 2.24) is 4.72 Å². The molecule has 0 heterocycles. The van der Waals surface area contributed by atoms with Crippen molar-refractivity contribution in [1.29, 1.82) is 0 Å². The molecule has 0 saturated carbocycles. The van der Waals surface area contributed by atoms with Crippen LogP contribution in [0.2, 0.25) is 0 Å². The van der Waals surface area contributed by atoms with Gasteiger partial charge in [-0.2, -0.15) is 0 Å². The Balaban J connectivity index is 2.44. The Hall–Kier alpha value is -2.13. The van der Waals surface area contributed by atoms with Gasteiger partial charge in [-0.25, -0.2) is 13.1 Å². The van der Waals surface area contributed by atoms with Crippen molar-refractivity contribution < 1.29 is 22.7 Å². The second-order valence-corrected chi connectivity index (χ2v) is 7.98. The summed E-state index contributed by atoms with van der Waals surface area (Å²) < 4.78 is 30.6. The van der Waals surface area contributed by atoms with Gasteiger partial charge in [0.25, 0.3) is 5.91 Å². The second-order valence-electron chi connectivity index (χ2n) is 6.11. The second kappa shape index (κ2) is 10.1. The Morgan fingerprint density at radius 1 is 1.19 bits per heavy atom. The van der Waals surface area contributed by atoms with Crippen molar-refractivity contribution in [3.05, 3.63) is 24.3 Å². The number of rotatable bonds is 10. The van der Waals surface area contributed by atoms with Crippen molar-refractivity contribution in [2.75, 3.05) is 36.7 Å². The van der Waals surface area contributed by atoms with Gasteiger partial charge in [-0.3, -0.25) is 9.59 Å². The summed E-state index contributed by atoms with van der Waals surface area (Å²) in [4.78, 5) is 25.6. The molecule has 9 heteroatoms. The molecule has 0 radical (unpaired) electrons. The maximum atomic E-state index is 11.8. The number of sulfonamides is 1. The molecule has 0 aliphatic rings. The number of hydrogen-bond acceptors (Lipinski definition) is 6. The normalized spacial score (nSPS) is 12.3. The van der Waals surface area contributed by atoms with Gasteiger partial charge in [0.2, 0.25) is 10.0 Å². The first-order chi connectivity index (χ1) is 12.1. The minimum atomic E-state index is -3.54. The summed E-state index contributed by atoms with van der Waals surface area (Å²) in [5.74, 6) is -1.36. The van der Waals surface area contributed by atoms with Crippen molar-refractivity contribution in [3.63, 3.8) is 0 Å². The van der Waals surface area contributed by atoms with Crippen LogP contribution in [-0.2, 0) is 24.3 Å². The highest BCUT2D eigenvalue weighted by atomic mass is 32.2. The number of unbranched alkanes of at least 4 members (excludes halogenated alkanes) is 1. The van der Waals surface area contributed by atoms with Gasteiger partial charge in [-0.05, 0) is 37.6 Å². The summed E-state index contributed by atoms with van der Waals surface area (Å²) in [6.45, 7) is 2.76. The maximum absolute atomic E-state index is 11.8. The lowest BCUT2D eigenvalue weighted by molar-refractivity contribution is -0.148. The Kier molecular flexibility index (Phi) is 8.53. The summed E-state index contributed by atoms with van der Waals surface area (Å²) in [6.07, 6.45) is 1.24. The molecule has 0 bridgehead atoms. The van der Waals surface area contributed by atoms with Gasteiger partial charge in [0, 0.05) is 25.5 Å². The number of carbonyl (C=O) groups is 2. The number of nitrogens with one attached hydrogen (secondary N) is 2. The van der Waals surface area contributed by atoms with Crippen molar-refractivity contribution in [3.8, 4) is 0 Å². The molecule has 2 N–H and O–H groups in total. The van der Waals surface area contributed by atoms with Gasteiger partial charge in [0.05, 0.1) is 5.75 Å². The third kappa shape index (κ3) is 7.83. The van der Waals surface area contributed by atoms with Crippen molar-refractivity contribution in [2.45, 2.75) is 32.7 Å². The monoisotopic (exact) mass is 385 g/mol. The van der Waals surface area contributed by atoms with Crippen LogP contribution in [0.25, 0.3) is 0 Å². The van der Waals surface area contributed by atoms with Crippen LogP contribution in [-0.4, -0.2) is 52.8 Å². The number of carbonyl (C=O) groups excluding carboxylic acids is 2. The zero-order valence-electron chi connectivity index (χ0n) is 15.6. The van der Waals surface area contributed by atoms with Gasteiger partial charge in [0.1, 0.15) is 6.04 Å². The molecule has 146 valence electrons. The fourth-order valence-electron chi connectivity index (χ4n) is 2.01. The van der Waals surface area contributed by atoms with Crippen molar-refractivity contribution in [2.24, 2.45) is 0 Å². The molecule has 1 aromatic carbocycles. The van der Waals surface area contributed by atoms with Crippen LogP contribution in [0, 0.1) is 0 Å². The van der Waals surface area contributed by atoms with Crippen LogP contribution in [0.1, 0.15) is 26.7 Å². The molecular weight excluding hydrogens is 358 g/mol. The highest BCUT2D eigenvalue weighted by Crippen LogP contribution is 2.15. The molecule has 0 aromatic heterocycles. The zero-order valence-corrected chi connectivity index (χ0v) is 16.4. The predicted molar refractivity (Wildman–Crippen MR) is 102 cm³/mol. The number of benzene rings is 1. The minimum Gasteiger partial charge on any atom is -0.454 e. The predicted octanol–water partition coefficient (Wildman–Crippen LogP) is 1.34. The average molecular weight is 385 g/mol. The quantitative estimate of drug-likeness (QED) is 0.589. The van der Waals surface area contributed by atoms with Gasteiger partial charge in [-0.15, -0.1) is 0 Å². The third-order valence-electron chi connectivity index (χ3n) is 3.49. The standard InChI is InChI=1S/C17H27N3O5S/c1-5-6-11-26(23,24)19-13(2)17(22)25-12-16(21)18-14-7-9-15(10-8-14)20(3)4/h7-10,13,19H,5-6,11-12H2,1-4H3,(H,18,21)/t13-/m0/s1. The molecule has 26 heavy (non-hydrogen) atoms. The van der Waals surface area contributed by atoms with E-state index >= 15 is 0 Å². The van der Waals surface area contributed by atoms with Crippen LogP contribution in [0.5, 0.6) is 0 Å². The smallest absolute Gasteiger partial charge is 0.324 e. The minimum absolute atomic E-state index is 0.0510. The molecule has 8 nitrogen and oxygen atoms in total. The summed E-state index contributed by atoms with van der Waals surface area (Å²) >= 11 is 0. The summed E-state index contributed by atoms with van der Waals surface area (Å²) in [5.41, 5.74) is 1.56. The Bertz CT molecular complexity index is 702. The number of ether oxygens (including phenoxy) is 1. The van der Waals surface area contributed by atoms with E-state index in [0.717, 1.165) is 12.1 Å². The number of nitrogens with zero attached hydrogens (tertiary/aromatic N) is 1. The average Bonchev–Trinajstić information content (AvgIpc) is 2.58. The number of esters is 1. The van der Waals surface area contributed by atoms with E-state index in [4.69, 9.17) is 4.74 Å². The molecule has 0 unspecified atom stereocenters. The van der Waals surface area contributed by atoms with E-state index in [9.17, 15) is 18.0 Å². The third-order valence-corrected chi connectivity index (χ3v) is 5.03. The fraction of sp³-hybridized carbons (Fsp3) is 0.529. The van der Waals surface area contributed by atoms with Crippen LogP contribution >= 0.6 is 0 Å². The Morgan fingerprint density at radius 3 is 2.35 bits per heavy atom. The van der Waals surface area contributed by atoms with Gasteiger partial charge in [0.15, 0.2) is 6.61 Å². The van der Waals surface area contributed by atoms with Gasteiger partial charge < -0.3 is 15.0 Å². The van der Waals surface area contributed by atoms with E-state index < -0.39 is 34.5 Å². The topological polar surface area (TPSA) is 105 Å². The Morgan fingerprint density at radius 2 is 1.81 bits per heavy atom. The molecule has 1 atom stereocenters. The fourth-order valence-corrected chi connectivity index (χ4v) is 3.43. The molecule has 1 amide bonds. The first-order valence-corrected chi connectivity index (χ1v) is 10.0. The Labute approximate surface area is 155 Å². The lowest BCUT2D eigenvalue weighted by Gasteiger charge is -2.14. The number of hydrogen-bond donors (Lipinski definition) is 2. The molecule has 0 saturated heterocycles. The van der Waals surface area contributed by atoms with E-state index in [2.05, 4.69) is 10.0 Å². The highest BCUT2D eigenvalue weighted by molar-refractivity contribution is 7.89. The largest absolute Gasteiger partial charge is 0.454 e. The van der Waals surface area contributed by atoms with E-state index in [1.807, 2.05) is 38.1 Å². The van der Waals surface area contributed by atoms with Crippen LogP contribution < -0.4 is 14.9 Å². The number of amides is 1. The van der Waals surface area contributed by atoms with E-state index in [1.54, 1.807) is 12.1 Å². The lowest BCUT2D eigenvalue weighted by Crippen LogP contribution is -2.41. The molecular formula is C17H27N3O5S. The van der Waals surface area contributed by atoms with Gasteiger partial charge in [-0.1, -0.05) is 13.3 Å². The van der Waals surface area contributed by atoms with Crippen molar-refractivity contribution >= 4 is 33.3 Å². The van der Waals surface area contributed by atoms with Gasteiger partial charge >= 0.3 is 5.97 Å². The molecule has 0 spiro atoms. The SMILES string of the molecule is CCCCS(=O)(=O)N[C@@H](C)C(=O)OCC(=O)Nc1ccc(N(C)C)cc1. The highest BCUT2D eigenvalue weighted by Gasteiger charge is 2.21. The van der Waals surface area contributed by atoms with Crippen LogP contribution in [0.3, 0.4) is 0 Å². The summed E-state index contributed by atoms with van der Waals surface area (Å²) in [6, 6.07) is 6.10.